The number of aromatic nitrogens is 3. The lowest BCUT2D eigenvalue weighted by Gasteiger charge is -2.07. The summed E-state index contributed by atoms with van der Waals surface area (Å²) in [4.78, 5) is 20.3. The van der Waals surface area contributed by atoms with Crippen molar-refractivity contribution in [2.75, 3.05) is 18.9 Å². The van der Waals surface area contributed by atoms with Gasteiger partial charge in [0.1, 0.15) is 16.8 Å². The molecule has 1 amide bonds. The number of hydrogen-bond donors (Lipinski definition) is 2. The van der Waals surface area contributed by atoms with E-state index in [0.717, 1.165) is 5.82 Å². The Hall–Kier alpha value is -2.08. The maximum Gasteiger partial charge on any atom is 0.251 e. The van der Waals surface area contributed by atoms with Crippen molar-refractivity contribution in [1.82, 2.24) is 19.9 Å². The summed E-state index contributed by atoms with van der Waals surface area (Å²) in [6.45, 7) is 0.512. The van der Waals surface area contributed by atoms with Gasteiger partial charge in [-0.2, -0.15) is 0 Å². The van der Waals surface area contributed by atoms with E-state index in [9.17, 15) is 4.79 Å². The van der Waals surface area contributed by atoms with Gasteiger partial charge in [-0.05, 0) is 12.1 Å². The fourth-order valence-corrected chi connectivity index (χ4v) is 1.99. The summed E-state index contributed by atoms with van der Waals surface area (Å²) in [7, 11) is 3.65. The fourth-order valence-electron chi connectivity index (χ4n) is 1.78. The van der Waals surface area contributed by atoms with Crippen molar-refractivity contribution in [3.05, 3.63) is 41.1 Å². The van der Waals surface area contributed by atoms with E-state index in [1.165, 1.54) is 0 Å². The van der Waals surface area contributed by atoms with E-state index in [-0.39, 0.29) is 11.1 Å². The number of pyridine rings is 1. The predicted molar refractivity (Wildman–Crippen MR) is 78.0 cm³/mol. The van der Waals surface area contributed by atoms with Crippen molar-refractivity contribution in [3.8, 4) is 0 Å². The molecule has 2 aromatic heterocycles. The number of halogens is 1. The average Bonchev–Trinajstić information content (AvgIpc) is 2.83. The van der Waals surface area contributed by atoms with Crippen LogP contribution in [0.1, 0.15) is 16.2 Å². The maximum atomic E-state index is 12.0. The largest absolute Gasteiger partial charge is 0.373 e. The van der Waals surface area contributed by atoms with Gasteiger partial charge >= 0.3 is 0 Å². The molecule has 0 aliphatic rings. The Labute approximate surface area is 122 Å². The molecule has 2 rings (SSSR count). The standard InChI is InChI=1S/C13H16ClN5O/c1-15-11-8-9(7-10(14)18-11)13(20)17-4-3-12-16-5-6-19(12)2/h5-8H,3-4H2,1-2H3,(H,15,18)(H,17,20). The van der Waals surface area contributed by atoms with Gasteiger partial charge in [-0.1, -0.05) is 11.6 Å². The number of hydrogen-bond acceptors (Lipinski definition) is 4. The van der Waals surface area contributed by atoms with Crippen LogP contribution in [0, 0.1) is 0 Å². The molecule has 0 radical (unpaired) electrons. The molecule has 0 atom stereocenters. The summed E-state index contributed by atoms with van der Waals surface area (Å²) in [5, 5.41) is 5.98. The van der Waals surface area contributed by atoms with Crippen LogP contribution in [-0.2, 0) is 13.5 Å². The molecule has 20 heavy (non-hydrogen) atoms. The van der Waals surface area contributed by atoms with E-state index >= 15 is 0 Å². The molecule has 0 saturated heterocycles. The van der Waals surface area contributed by atoms with Gasteiger partial charge in [0.2, 0.25) is 0 Å². The first-order chi connectivity index (χ1) is 9.60. The van der Waals surface area contributed by atoms with E-state index in [1.807, 2.05) is 17.8 Å². The van der Waals surface area contributed by atoms with Crippen molar-refractivity contribution in [2.45, 2.75) is 6.42 Å². The van der Waals surface area contributed by atoms with Crippen LogP contribution < -0.4 is 10.6 Å². The van der Waals surface area contributed by atoms with Crippen LogP contribution in [0.3, 0.4) is 0 Å². The first-order valence-corrected chi connectivity index (χ1v) is 6.57. The number of aryl methyl sites for hydroxylation is 1. The van der Waals surface area contributed by atoms with Crippen LogP contribution in [-0.4, -0.2) is 34.0 Å². The lowest BCUT2D eigenvalue weighted by atomic mass is 10.2. The first-order valence-electron chi connectivity index (χ1n) is 6.20. The van der Waals surface area contributed by atoms with Crippen molar-refractivity contribution in [3.63, 3.8) is 0 Å². The fraction of sp³-hybridized carbons (Fsp3) is 0.308. The van der Waals surface area contributed by atoms with Crippen molar-refractivity contribution >= 4 is 23.3 Å². The number of rotatable bonds is 5. The van der Waals surface area contributed by atoms with Gasteiger partial charge in [0.25, 0.3) is 5.91 Å². The summed E-state index contributed by atoms with van der Waals surface area (Å²) >= 11 is 5.86. The Balaban J connectivity index is 1.95. The molecule has 0 fully saturated rings. The zero-order valence-electron chi connectivity index (χ0n) is 11.4. The Morgan fingerprint density at radius 2 is 2.25 bits per heavy atom. The minimum atomic E-state index is -0.181. The van der Waals surface area contributed by atoms with E-state index in [1.54, 1.807) is 25.4 Å². The summed E-state index contributed by atoms with van der Waals surface area (Å²) in [5.41, 5.74) is 0.481. The van der Waals surface area contributed by atoms with Gasteiger partial charge in [0, 0.05) is 45.0 Å². The molecule has 2 heterocycles. The molecule has 0 bridgehead atoms. The summed E-state index contributed by atoms with van der Waals surface area (Å²) < 4.78 is 1.93. The van der Waals surface area contributed by atoms with Crippen molar-refractivity contribution < 1.29 is 4.79 Å². The number of amides is 1. The lowest BCUT2D eigenvalue weighted by molar-refractivity contribution is 0.0954. The highest BCUT2D eigenvalue weighted by Gasteiger charge is 2.09. The number of nitrogens with one attached hydrogen (secondary N) is 2. The van der Waals surface area contributed by atoms with Crippen LogP contribution in [0.15, 0.2) is 24.5 Å². The van der Waals surface area contributed by atoms with Crippen molar-refractivity contribution in [2.24, 2.45) is 7.05 Å². The van der Waals surface area contributed by atoms with Gasteiger partial charge in [0.05, 0.1) is 0 Å². The number of carbonyl (C=O) groups is 1. The van der Waals surface area contributed by atoms with Crippen LogP contribution in [0.2, 0.25) is 5.15 Å². The molecular formula is C13H16ClN5O. The van der Waals surface area contributed by atoms with Gasteiger partial charge in [-0.3, -0.25) is 4.79 Å². The zero-order valence-corrected chi connectivity index (χ0v) is 12.1. The Bertz CT molecular complexity index is 611. The van der Waals surface area contributed by atoms with E-state index in [4.69, 9.17) is 11.6 Å². The third-order valence-corrected chi connectivity index (χ3v) is 3.06. The van der Waals surface area contributed by atoms with Gasteiger partial charge < -0.3 is 15.2 Å². The molecule has 0 aliphatic carbocycles. The molecular weight excluding hydrogens is 278 g/mol. The van der Waals surface area contributed by atoms with E-state index in [2.05, 4.69) is 20.6 Å². The predicted octanol–water partition coefficient (Wildman–Crippen LogP) is 1.48. The molecule has 0 aromatic carbocycles. The van der Waals surface area contributed by atoms with Crippen LogP contribution in [0.4, 0.5) is 5.82 Å². The maximum absolute atomic E-state index is 12.0. The highest BCUT2D eigenvalue weighted by atomic mass is 35.5. The summed E-state index contributed by atoms with van der Waals surface area (Å²) in [5.74, 6) is 1.31. The lowest BCUT2D eigenvalue weighted by Crippen LogP contribution is -2.26. The monoisotopic (exact) mass is 293 g/mol. The van der Waals surface area contributed by atoms with Crippen molar-refractivity contribution in [1.29, 1.82) is 0 Å². The zero-order chi connectivity index (χ0) is 14.5. The summed E-state index contributed by atoms with van der Waals surface area (Å²) in [6, 6.07) is 3.19. The second-order valence-corrected chi connectivity index (χ2v) is 4.66. The van der Waals surface area contributed by atoms with Gasteiger partial charge in [-0.25, -0.2) is 9.97 Å². The Morgan fingerprint density at radius 3 is 2.90 bits per heavy atom. The molecule has 0 saturated carbocycles. The smallest absolute Gasteiger partial charge is 0.251 e. The second kappa shape index (κ2) is 6.38. The minimum absolute atomic E-state index is 0.181. The van der Waals surface area contributed by atoms with E-state index in [0.29, 0.717) is 24.3 Å². The third-order valence-electron chi connectivity index (χ3n) is 2.87. The van der Waals surface area contributed by atoms with Gasteiger partial charge in [-0.15, -0.1) is 0 Å². The quantitative estimate of drug-likeness (QED) is 0.819. The number of anilines is 1. The van der Waals surface area contributed by atoms with Gasteiger partial charge in [0.15, 0.2) is 0 Å². The Morgan fingerprint density at radius 1 is 1.45 bits per heavy atom. The topological polar surface area (TPSA) is 71.8 Å². The first kappa shape index (κ1) is 14.3. The number of imidazole rings is 1. The SMILES string of the molecule is CNc1cc(C(=O)NCCc2nccn2C)cc(Cl)n1. The molecule has 0 unspecified atom stereocenters. The Kier molecular flexibility index (Phi) is 4.57. The molecule has 7 heteroatoms. The molecule has 0 aliphatic heterocycles. The second-order valence-electron chi connectivity index (χ2n) is 4.27. The highest BCUT2D eigenvalue weighted by molar-refractivity contribution is 6.29. The van der Waals surface area contributed by atoms with Crippen LogP contribution >= 0.6 is 11.6 Å². The highest BCUT2D eigenvalue weighted by Crippen LogP contribution is 2.13. The minimum Gasteiger partial charge on any atom is -0.373 e. The average molecular weight is 294 g/mol. The molecule has 2 aromatic rings. The third kappa shape index (κ3) is 3.48. The molecule has 0 spiro atoms. The molecule has 2 N–H and O–H groups in total. The van der Waals surface area contributed by atoms with E-state index < -0.39 is 0 Å². The number of carbonyl (C=O) groups excluding carboxylic acids is 1. The molecule has 6 nitrogen and oxygen atoms in total. The van der Waals surface area contributed by atoms with Crippen LogP contribution in [0.5, 0.6) is 0 Å². The number of nitrogens with zero attached hydrogens (tertiary/aromatic N) is 3. The normalized spacial score (nSPS) is 10.3. The van der Waals surface area contributed by atoms with Crippen LogP contribution in [0.25, 0.3) is 0 Å². The summed E-state index contributed by atoms with van der Waals surface area (Å²) in [6.07, 6.45) is 4.28. The molecule has 106 valence electrons.